The smallest absolute Gasteiger partial charge is 0.262 e. The van der Waals surface area contributed by atoms with Gasteiger partial charge in [0, 0.05) is 5.56 Å². The Kier molecular flexibility index (Phi) is 7.25. The second-order valence-electron chi connectivity index (χ2n) is 5.70. The Morgan fingerprint density at radius 2 is 1.92 bits per heavy atom. The first-order chi connectivity index (χ1) is 12.3. The van der Waals surface area contributed by atoms with Gasteiger partial charge in [0.15, 0.2) is 4.67 Å². The molecule has 1 aromatic carbocycles. The number of rotatable bonds is 6. The third kappa shape index (κ3) is 5.59. The zero-order valence-electron chi connectivity index (χ0n) is 13.9. The van der Waals surface area contributed by atoms with E-state index in [1.807, 2.05) is 13.8 Å². The van der Waals surface area contributed by atoms with Gasteiger partial charge in [0.1, 0.15) is 11.8 Å². The summed E-state index contributed by atoms with van der Waals surface area (Å²) in [4.78, 5) is 24.7. The molecule has 6 nitrogen and oxygen atoms in total. The molecule has 0 saturated heterocycles. The number of halogens is 3. The summed E-state index contributed by atoms with van der Waals surface area (Å²) in [6, 6.07) is 7.11. The van der Waals surface area contributed by atoms with Crippen LogP contribution in [-0.2, 0) is 4.79 Å². The van der Waals surface area contributed by atoms with E-state index in [9.17, 15) is 9.59 Å². The van der Waals surface area contributed by atoms with E-state index in [1.165, 1.54) is 24.4 Å². The van der Waals surface area contributed by atoms with Gasteiger partial charge in [-0.1, -0.05) is 37.0 Å². The summed E-state index contributed by atoms with van der Waals surface area (Å²) in [6.07, 6.45) is 1.36. The molecule has 0 fully saturated rings. The number of nitrogens with zero attached hydrogens (tertiary/aromatic N) is 1. The van der Waals surface area contributed by atoms with Crippen molar-refractivity contribution in [2.24, 2.45) is 11.0 Å². The number of carbonyl (C=O) groups is 2. The molecule has 9 heteroatoms. The highest BCUT2D eigenvalue weighted by Gasteiger charge is 2.24. The Bertz CT molecular complexity index is 836. The second kappa shape index (κ2) is 9.21. The van der Waals surface area contributed by atoms with Gasteiger partial charge >= 0.3 is 0 Å². The van der Waals surface area contributed by atoms with Crippen LogP contribution in [0.3, 0.4) is 0 Å². The maximum atomic E-state index is 12.4. The molecule has 2 rings (SSSR count). The largest absolute Gasteiger partial charge is 0.448 e. The number of furan rings is 1. The predicted octanol–water partition coefficient (Wildman–Crippen LogP) is 4.25. The molecule has 0 aliphatic carbocycles. The van der Waals surface area contributed by atoms with Crippen LogP contribution >= 0.6 is 39.1 Å². The van der Waals surface area contributed by atoms with Gasteiger partial charge in [0.25, 0.3) is 11.8 Å². The fraction of sp³-hybridized carbons (Fsp3) is 0.235. The molecule has 0 aliphatic rings. The van der Waals surface area contributed by atoms with Crippen LogP contribution in [0.5, 0.6) is 0 Å². The molecular weight excluding hydrogens is 445 g/mol. The summed E-state index contributed by atoms with van der Waals surface area (Å²) < 4.78 is 5.79. The van der Waals surface area contributed by atoms with Crippen LogP contribution in [0.1, 0.15) is 30.0 Å². The molecule has 2 amide bonds. The molecule has 138 valence electrons. The van der Waals surface area contributed by atoms with Crippen LogP contribution in [0.4, 0.5) is 0 Å². The lowest BCUT2D eigenvalue weighted by atomic mass is 10.0. The monoisotopic (exact) mass is 459 g/mol. The first-order valence-corrected chi connectivity index (χ1v) is 9.17. The van der Waals surface area contributed by atoms with Crippen molar-refractivity contribution in [2.75, 3.05) is 0 Å². The third-order valence-electron chi connectivity index (χ3n) is 3.38. The Balaban J connectivity index is 2.02. The van der Waals surface area contributed by atoms with Gasteiger partial charge in [0.05, 0.1) is 16.3 Å². The zero-order valence-corrected chi connectivity index (χ0v) is 17.0. The van der Waals surface area contributed by atoms with E-state index in [4.69, 9.17) is 27.6 Å². The van der Waals surface area contributed by atoms with Crippen LogP contribution in [0, 0.1) is 5.92 Å². The molecule has 1 atom stereocenters. The van der Waals surface area contributed by atoms with Crippen molar-refractivity contribution < 1.29 is 14.0 Å². The van der Waals surface area contributed by atoms with Gasteiger partial charge in [-0.2, -0.15) is 5.10 Å². The molecule has 2 N–H and O–H groups in total. The van der Waals surface area contributed by atoms with Crippen LogP contribution in [0.15, 0.2) is 44.5 Å². The van der Waals surface area contributed by atoms with Crippen molar-refractivity contribution in [2.45, 2.75) is 19.9 Å². The zero-order chi connectivity index (χ0) is 19.3. The van der Waals surface area contributed by atoms with Gasteiger partial charge in [-0.25, -0.2) is 5.43 Å². The van der Waals surface area contributed by atoms with E-state index in [2.05, 4.69) is 31.8 Å². The number of nitrogens with one attached hydrogen (secondary N) is 2. The Hall–Kier alpha value is -1.83. The van der Waals surface area contributed by atoms with E-state index in [0.717, 1.165) is 0 Å². The van der Waals surface area contributed by atoms with Crippen molar-refractivity contribution in [1.82, 2.24) is 10.7 Å². The average molecular weight is 461 g/mol. The van der Waals surface area contributed by atoms with Crippen molar-refractivity contribution >= 4 is 57.2 Å². The average Bonchev–Trinajstić information content (AvgIpc) is 2.99. The van der Waals surface area contributed by atoms with Gasteiger partial charge in [0.2, 0.25) is 0 Å². The molecule has 0 radical (unpaired) electrons. The minimum Gasteiger partial charge on any atom is -0.448 e. The highest BCUT2D eigenvalue weighted by Crippen LogP contribution is 2.22. The van der Waals surface area contributed by atoms with Gasteiger partial charge in [-0.3, -0.25) is 9.59 Å². The lowest BCUT2D eigenvalue weighted by molar-refractivity contribution is -0.123. The normalized spacial score (nSPS) is 12.4. The summed E-state index contributed by atoms with van der Waals surface area (Å²) in [5.41, 5.74) is 2.70. The molecular formula is C17H16BrCl2N3O3. The highest BCUT2D eigenvalue weighted by atomic mass is 79.9. The Labute approximate surface area is 169 Å². The van der Waals surface area contributed by atoms with Crippen LogP contribution in [0.2, 0.25) is 10.0 Å². The fourth-order valence-electron chi connectivity index (χ4n) is 2.02. The minimum absolute atomic E-state index is 0.158. The van der Waals surface area contributed by atoms with Crippen molar-refractivity contribution in [3.63, 3.8) is 0 Å². The van der Waals surface area contributed by atoms with Gasteiger partial charge in [-0.15, -0.1) is 0 Å². The van der Waals surface area contributed by atoms with Crippen LogP contribution < -0.4 is 10.7 Å². The van der Waals surface area contributed by atoms with E-state index >= 15 is 0 Å². The van der Waals surface area contributed by atoms with E-state index < -0.39 is 17.9 Å². The maximum Gasteiger partial charge on any atom is 0.262 e. The molecule has 0 aliphatic heterocycles. The lowest BCUT2D eigenvalue weighted by Gasteiger charge is -2.20. The first-order valence-electron chi connectivity index (χ1n) is 7.62. The lowest BCUT2D eigenvalue weighted by Crippen LogP contribution is -2.48. The topological polar surface area (TPSA) is 83.7 Å². The number of carbonyl (C=O) groups excluding carboxylic acids is 2. The van der Waals surface area contributed by atoms with Crippen molar-refractivity contribution in [1.29, 1.82) is 0 Å². The summed E-state index contributed by atoms with van der Waals surface area (Å²) in [6.45, 7) is 3.62. The number of hydrazone groups is 1. The third-order valence-corrected chi connectivity index (χ3v) is 4.54. The highest BCUT2D eigenvalue weighted by molar-refractivity contribution is 9.10. The van der Waals surface area contributed by atoms with Crippen molar-refractivity contribution in [3.8, 4) is 0 Å². The molecule has 26 heavy (non-hydrogen) atoms. The summed E-state index contributed by atoms with van der Waals surface area (Å²) in [5, 5.41) is 7.12. The summed E-state index contributed by atoms with van der Waals surface area (Å²) in [7, 11) is 0. The van der Waals surface area contributed by atoms with Gasteiger partial charge in [-0.05, 0) is 52.2 Å². The first kappa shape index (κ1) is 20.5. The Morgan fingerprint density at radius 3 is 2.50 bits per heavy atom. The molecule has 2 aromatic rings. The quantitative estimate of drug-likeness (QED) is 0.499. The Morgan fingerprint density at radius 1 is 1.19 bits per heavy atom. The molecule has 0 spiro atoms. The van der Waals surface area contributed by atoms with E-state index in [-0.39, 0.29) is 10.9 Å². The minimum atomic E-state index is -0.780. The molecule has 1 aromatic heterocycles. The number of hydrogen-bond acceptors (Lipinski definition) is 4. The van der Waals surface area contributed by atoms with Crippen LogP contribution in [0.25, 0.3) is 0 Å². The molecule has 1 unspecified atom stereocenters. The molecule has 1 heterocycles. The fourth-order valence-corrected chi connectivity index (χ4v) is 2.64. The standard InChI is InChI=1S/C17H16BrCl2N3O3/c1-9(2)15(17(25)23-21-8-11-4-6-14(18)26-11)22-16(24)10-3-5-12(19)13(20)7-10/h3-9,15H,1-2H3,(H,22,24)(H,23,25). The maximum absolute atomic E-state index is 12.4. The number of hydrogen-bond donors (Lipinski definition) is 2. The SMILES string of the molecule is CC(C)C(NC(=O)c1ccc(Cl)c(Cl)c1)C(=O)NN=Cc1ccc(Br)o1. The van der Waals surface area contributed by atoms with Crippen molar-refractivity contribution in [3.05, 3.63) is 56.4 Å². The second-order valence-corrected chi connectivity index (χ2v) is 7.30. The molecule has 0 bridgehead atoms. The predicted molar refractivity (Wildman–Crippen MR) is 105 cm³/mol. The van der Waals surface area contributed by atoms with Crippen LogP contribution in [-0.4, -0.2) is 24.1 Å². The molecule has 0 saturated carbocycles. The van der Waals surface area contributed by atoms with Gasteiger partial charge < -0.3 is 9.73 Å². The van der Waals surface area contributed by atoms with E-state index in [1.54, 1.807) is 12.1 Å². The van der Waals surface area contributed by atoms with E-state index in [0.29, 0.717) is 21.0 Å². The summed E-state index contributed by atoms with van der Waals surface area (Å²) in [5.74, 6) is -0.570. The number of benzene rings is 1. The summed E-state index contributed by atoms with van der Waals surface area (Å²) >= 11 is 14.9. The number of amides is 2.